The van der Waals surface area contributed by atoms with Crippen LogP contribution in [0.4, 0.5) is 0 Å². The highest BCUT2D eigenvalue weighted by molar-refractivity contribution is 6.23. The van der Waals surface area contributed by atoms with Gasteiger partial charge in [0.2, 0.25) is 11.8 Å². The van der Waals surface area contributed by atoms with Crippen LogP contribution in [0.1, 0.15) is 46.4 Å². The third kappa shape index (κ3) is 3.45. The number of rotatable bonds is 7. The molecule has 26 heavy (non-hydrogen) atoms. The van der Waals surface area contributed by atoms with Crippen molar-refractivity contribution in [2.24, 2.45) is 0 Å². The van der Waals surface area contributed by atoms with E-state index in [-0.39, 0.29) is 24.0 Å². The SMILES string of the molecule is CNCCCCOc1ccc2c(c1)C(=O)N(C1CCC(=O)NC1=O)C2=O. The van der Waals surface area contributed by atoms with Gasteiger partial charge in [-0.15, -0.1) is 0 Å². The minimum atomic E-state index is -0.953. The molecule has 0 radical (unpaired) electrons. The first-order chi connectivity index (χ1) is 12.5. The molecule has 0 bridgehead atoms. The van der Waals surface area contributed by atoms with Gasteiger partial charge in [-0.25, -0.2) is 0 Å². The van der Waals surface area contributed by atoms with Crippen molar-refractivity contribution in [2.45, 2.75) is 31.7 Å². The molecule has 1 atom stereocenters. The lowest BCUT2D eigenvalue weighted by Crippen LogP contribution is -2.54. The largest absolute Gasteiger partial charge is 0.494 e. The molecule has 3 rings (SSSR count). The summed E-state index contributed by atoms with van der Waals surface area (Å²) < 4.78 is 5.64. The van der Waals surface area contributed by atoms with Crippen LogP contribution in [0.3, 0.4) is 0 Å². The van der Waals surface area contributed by atoms with Gasteiger partial charge in [-0.1, -0.05) is 0 Å². The molecule has 1 fully saturated rings. The summed E-state index contributed by atoms with van der Waals surface area (Å²) in [6, 6.07) is 3.78. The van der Waals surface area contributed by atoms with Crippen molar-refractivity contribution in [1.29, 1.82) is 0 Å². The predicted octanol–water partition coefficient (Wildman–Crippen LogP) is 0.466. The van der Waals surface area contributed by atoms with Gasteiger partial charge in [-0.05, 0) is 51.1 Å². The molecule has 2 aliphatic rings. The number of imide groups is 2. The number of hydrogen-bond acceptors (Lipinski definition) is 6. The second-order valence-electron chi connectivity index (χ2n) is 6.31. The first-order valence-corrected chi connectivity index (χ1v) is 8.66. The number of carbonyl (C=O) groups excluding carboxylic acids is 4. The Bertz CT molecular complexity index is 761. The highest BCUT2D eigenvalue weighted by atomic mass is 16.5. The lowest BCUT2D eigenvalue weighted by molar-refractivity contribution is -0.136. The molecule has 8 heteroatoms. The molecule has 1 saturated heterocycles. The third-order valence-electron chi connectivity index (χ3n) is 4.50. The van der Waals surface area contributed by atoms with E-state index in [9.17, 15) is 19.2 Å². The molecular weight excluding hydrogens is 338 g/mol. The number of carbonyl (C=O) groups is 4. The summed E-state index contributed by atoms with van der Waals surface area (Å²) in [5.41, 5.74) is 0.481. The van der Waals surface area contributed by atoms with Crippen molar-refractivity contribution >= 4 is 23.6 Å². The normalized spacial score (nSPS) is 19.6. The average molecular weight is 359 g/mol. The van der Waals surface area contributed by atoms with Crippen molar-refractivity contribution in [2.75, 3.05) is 20.2 Å². The molecule has 8 nitrogen and oxygen atoms in total. The number of nitrogens with one attached hydrogen (secondary N) is 2. The summed E-state index contributed by atoms with van der Waals surface area (Å²) in [6.45, 7) is 1.42. The molecule has 1 aromatic rings. The maximum Gasteiger partial charge on any atom is 0.262 e. The number of benzene rings is 1. The third-order valence-corrected chi connectivity index (χ3v) is 4.50. The van der Waals surface area contributed by atoms with Gasteiger partial charge in [-0.3, -0.25) is 29.4 Å². The molecule has 0 spiro atoms. The Morgan fingerprint density at radius 3 is 2.65 bits per heavy atom. The van der Waals surface area contributed by atoms with Crippen molar-refractivity contribution in [3.05, 3.63) is 29.3 Å². The summed E-state index contributed by atoms with van der Waals surface area (Å²) in [7, 11) is 1.89. The highest BCUT2D eigenvalue weighted by Crippen LogP contribution is 2.30. The molecule has 2 heterocycles. The van der Waals surface area contributed by atoms with Crippen LogP contribution in [0.2, 0.25) is 0 Å². The molecule has 1 unspecified atom stereocenters. The van der Waals surface area contributed by atoms with E-state index in [0.29, 0.717) is 12.4 Å². The van der Waals surface area contributed by atoms with Gasteiger partial charge < -0.3 is 10.1 Å². The first-order valence-electron chi connectivity index (χ1n) is 8.66. The fourth-order valence-corrected chi connectivity index (χ4v) is 3.13. The Hall–Kier alpha value is -2.74. The van der Waals surface area contributed by atoms with Crippen molar-refractivity contribution < 1.29 is 23.9 Å². The van der Waals surface area contributed by atoms with E-state index >= 15 is 0 Å². The Labute approximate surface area is 150 Å². The van der Waals surface area contributed by atoms with Crippen LogP contribution < -0.4 is 15.4 Å². The van der Waals surface area contributed by atoms with E-state index in [1.54, 1.807) is 18.2 Å². The van der Waals surface area contributed by atoms with E-state index in [4.69, 9.17) is 4.74 Å². The maximum atomic E-state index is 12.7. The highest BCUT2D eigenvalue weighted by Gasteiger charge is 2.44. The minimum absolute atomic E-state index is 0.102. The van der Waals surface area contributed by atoms with E-state index in [1.165, 1.54) is 0 Å². The van der Waals surface area contributed by atoms with E-state index < -0.39 is 29.7 Å². The molecule has 2 aliphatic heterocycles. The van der Waals surface area contributed by atoms with Gasteiger partial charge >= 0.3 is 0 Å². The first kappa shape index (κ1) is 18.1. The molecule has 2 N–H and O–H groups in total. The number of piperidine rings is 1. The molecular formula is C18H21N3O5. The van der Waals surface area contributed by atoms with E-state index in [0.717, 1.165) is 24.3 Å². The molecule has 0 aromatic heterocycles. The second kappa shape index (κ2) is 7.65. The zero-order chi connectivity index (χ0) is 18.7. The Kier molecular flexibility index (Phi) is 5.32. The number of amides is 4. The topological polar surface area (TPSA) is 105 Å². The van der Waals surface area contributed by atoms with Gasteiger partial charge in [0, 0.05) is 6.42 Å². The van der Waals surface area contributed by atoms with Gasteiger partial charge in [0.25, 0.3) is 11.8 Å². The van der Waals surface area contributed by atoms with Crippen LogP contribution in [-0.4, -0.2) is 54.8 Å². The summed E-state index contributed by atoms with van der Waals surface area (Å²) in [5, 5.41) is 5.23. The van der Waals surface area contributed by atoms with Crippen molar-refractivity contribution in [3.63, 3.8) is 0 Å². The average Bonchev–Trinajstić information content (AvgIpc) is 2.86. The predicted molar refractivity (Wildman–Crippen MR) is 91.8 cm³/mol. The zero-order valence-corrected chi connectivity index (χ0v) is 14.5. The minimum Gasteiger partial charge on any atom is -0.494 e. The Morgan fingerprint density at radius 1 is 1.15 bits per heavy atom. The fourth-order valence-electron chi connectivity index (χ4n) is 3.13. The zero-order valence-electron chi connectivity index (χ0n) is 14.5. The second-order valence-corrected chi connectivity index (χ2v) is 6.31. The summed E-state index contributed by atoms with van der Waals surface area (Å²) in [4.78, 5) is 49.5. The van der Waals surface area contributed by atoms with E-state index in [1.807, 2.05) is 7.05 Å². The number of nitrogens with zero attached hydrogens (tertiary/aromatic N) is 1. The Morgan fingerprint density at radius 2 is 1.92 bits per heavy atom. The standard InChI is InChI=1S/C18H21N3O5/c1-19-8-2-3-9-26-11-4-5-12-13(10-11)18(25)21(17(12)24)14-6-7-15(22)20-16(14)23/h4-5,10,14,19H,2-3,6-9H2,1H3,(H,20,22,23). The van der Waals surface area contributed by atoms with E-state index in [2.05, 4.69) is 10.6 Å². The smallest absolute Gasteiger partial charge is 0.262 e. The van der Waals surface area contributed by atoms with Gasteiger partial charge in [-0.2, -0.15) is 0 Å². The molecule has 1 aromatic carbocycles. The number of hydrogen-bond donors (Lipinski definition) is 2. The van der Waals surface area contributed by atoms with Crippen LogP contribution in [0.25, 0.3) is 0 Å². The van der Waals surface area contributed by atoms with Crippen molar-refractivity contribution in [3.8, 4) is 5.75 Å². The van der Waals surface area contributed by atoms with Crippen molar-refractivity contribution in [1.82, 2.24) is 15.5 Å². The lowest BCUT2D eigenvalue weighted by Gasteiger charge is -2.27. The summed E-state index contributed by atoms with van der Waals surface area (Å²) in [6.07, 6.45) is 2.09. The quantitative estimate of drug-likeness (QED) is 0.542. The number of unbranched alkanes of at least 4 members (excludes halogenated alkanes) is 1. The number of ether oxygens (including phenoxy) is 1. The molecule has 0 aliphatic carbocycles. The summed E-state index contributed by atoms with van der Waals surface area (Å²) >= 11 is 0. The monoisotopic (exact) mass is 359 g/mol. The molecule has 4 amide bonds. The van der Waals surface area contributed by atoms with Gasteiger partial charge in [0.15, 0.2) is 0 Å². The summed E-state index contributed by atoms with van der Waals surface area (Å²) in [5.74, 6) is -1.53. The maximum absolute atomic E-state index is 12.7. The van der Waals surface area contributed by atoms with Gasteiger partial charge in [0.05, 0.1) is 17.7 Å². The van der Waals surface area contributed by atoms with Crippen LogP contribution in [0.15, 0.2) is 18.2 Å². The molecule has 0 saturated carbocycles. The van der Waals surface area contributed by atoms with Gasteiger partial charge in [0.1, 0.15) is 11.8 Å². The molecule has 138 valence electrons. The van der Waals surface area contributed by atoms with Crippen LogP contribution in [-0.2, 0) is 9.59 Å². The van der Waals surface area contributed by atoms with Crippen LogP contribution in [0.5, 0.6) is 5.75 Å². The Balaban J connectivity index is 1.71. The van der Waals surface area contributed by atoms with Crippen LogP contribution >= 0.6 is 0 Å². The fraction of sp³-hybridized carbons (Fsp3) is 0.444. The number of fused-ring (bicyclic) bond motifs is 1. The lowest BCUT2D eigenvalue weighted by atomic mass is 10.0. The van der Waals surface area contributed by atoms with Crippen LogP contribution in [0, 0.1) is 0 Å².